The predicted octanol–water partition coefficient (Wildman–Crippen LogP) is 4.53. The number of benzene rings is 3. The molecular formula is C22H17NO5. The van der Waals surface area contributed by atoms with Crippen LogP contribution >= 0.6 is 0 Å². The van der Waals surface area contributed by atoms with E-state index in [2.05, 4.69) is 0 Å². The highest BCUT2D eigenvalue weighted by Crippen LogP contribution is 2.35. The molecule has 0 saturated heterocycles. The fourth-order valence-electron chi connectivity index (χ4n) is 3.17. The smallest absolute Gasteiger partial charge is 0.269 e. The highest BCUT2D eigenvalue weighted by molar-refractivity contribution is 6.04. The maximum absolute atomic E-state index is 12.8. The van der Waals surface area contributed by atoms with Gasteiger partial charge in [-0.2, -0.15) is 0 Å². The summed E-state index contributed by atoms with van der Waals surface area (Å²) in [6.45, 7) is 0.555. The van der Waals surface area contributed by atoms with Gasteiger partial charge in [-0.15, -0.1) is 0 Å². The number of fused-ring (bicyclic) bond motifs is 1. The van der Waals surface area contributed by atoms with Crippen molar-refractivity contribution < 1.29 is 19.2 Å². The van der Waals surface area contributed by atoms with Gasteiger partial charge in [0.05, 0.1) is 16.4 Å². The Bertz CT molecular complexity index is 1010. The van der Waals surface area contributed by atoms with Gasteiger partial charge in [0.2, 0.25) is 0 Å². The van der Waals surface area contributed by atoms with E-state index in [9.17, 15) is 14.9 Å². The Balaban J connectivity index is 1.46. The van der Waals surface area contributed by atoms with Crippen molar-refractivity contribution in [3.05, 3.63) is 99.6 Å². The summed E-state index contributed by atoms with van der Waals surface area (Å²) in [4.78, 5) is 23.1. The SMILES string of the molecule is O=C1c2ccc(OCc3ccc([N+](=O)[O-])cc3)cc2OCC1c1ccccc1. The van der Waals surface area contributed by atoms with E-state index in [1.165, 1.54) is 12.1 Å². The van der Waals surface area contributed by atoms with Crippen LogP contribution in [-0.4, -0.2) is 17.3 Å². The van der Waals surface area contributed by atoms with Crippen LogP contribution in [0.1, 0.15) is 27.4 Å². The summed E-state index contributed by atoms with van der Waals surface area (Å²) in [6.07, 6.45) is 0. The molecular weight excluding hydrogens is 358 g/mol. The highest BCUT2D eigenvalue weighted by Gasteiger charge is 2.30. The zero-order chi connectivity index (χ0) is 19.5. The molecule has 28 heavy (non-hydrogen) atoms. The van der Waals surface area contributed by atoms with Crippen molar-refractivity contribution in [3.63, 3.8) is 0 Å². The lowest BCUT2D eigenvalue weighted by Crippen LogP contribution is -2.26. The molecule has 140 valence electrons. The summed E-state index contributed by atoms with van der Waals surface area (Å²) in [5.41, 5.74) is 2.33. The predicted molar refractivity (Wildman–Crippen MR) is 103 cm³/mol. The average molecular weight is 375 g/mol. The van der Waals surface area contributed by atoms with Crippen LogP contribution < -0.4 is 9.47 Å². The molecule has 0 spiro atoms. The monoisotopic (exact) mass is 375 g/mol. The number of non-ortho nitro benzene ring substituents is 1. The van der Waals surface area contributed by atoms with Crippen LogP contribution in [0, 0.1) is 10.1 Å². The molecule has 1 unspecified atom stereocenters. The van der Waals surface area contributed by atoms with Crippen LogP contribution in [0.15, 0.2) is 72.8 Å². The van der Waals surface area contributed by atoms with Crippen molar-refractivity contribution in [3.8, 4) is 11.5 Å². The van der Waals surface area contributed by atoms with Gasteiger partial charge >= 0.3 is 0 Å². The van der Waals surface area contributed by atoms with Crippen molar-refractivity contribution in [2.75, 3.05) is 6.61 Å². The second-order valence-corrected chi connectivity index (χ2v) is 6.51. The molecule has 0 aliphatic carbocycles. The van der Waals surface area contributed by atoms with Gasteiger partial charge in [0, 0.05) is 18.2 Å². The molecule has 0 radical (unpaired) electrons. The number of carbonyl (C=O) groups is 1. The number of nitro benzene ring substituents is 1. The second kappa shape index (κ2) is 7.52. The van der Waals surface area contributed by atoms with E-state index in [0.717, 1.165) is 11.1 Å². The van der Waals surface area contributed by atoms with E-state index in [1.807, 2.05) is 30.3 Å². The molecule has 0 N–H and O–H groups in total. The fourth-order valence-corrected chi connectivity index (χ4v) is 3.17. The summed E-state index contributed by atoms with van der Waals surface area (Å²) >= 11 is 0. The van der Waals surface area contributed by atoms with Gasteiger partial charge < -0.3 is 9.47 Å². The maximum atomic E-state index is 12.8. The lowest BCUT2D eigenvalue weighted by atomic mass is 9.89. The van der Waals surface area contributed by atoms with Crippen LogP contribution in [-0.2, 0) is 6.61 Å². The molecule has 0 aromatic heterocycles. The third-order valence-corrected chi connectivity index (χ3v) is 4.70. The third-order valence-electron chi connectivity index (χ3n) is 4.70. The van der Waals surface area contributed by atoms with Crippen LogP contribution in [0.2, 0.25) is 0 Å². The Morgan fingerprint density at radius 1 is 1.04 bits per heavy atom. The van der Waals surface area contributed by atoms with Crippen molar-refractivity contribution >= 4 is 11.5 Å². The first-order valence-corrected chi connectivity index (χ1v) is 8.84. The molecule has 0 bridgehead atoms. The zero-order valence-corrected chi connectivity index (χ0v) is 14.9. The Labute approximate surface area is 161 Å². The van der Waals surface area contributed by atoms with Crippen LogP contribution in [0.25, 0.3) is 0 Å². The van der Waals surface area contributed by atoms with E-state index < -0.39 is 4.92 Å². The average Bonchev–Trinajstić information content (AvgIpc) is 2.73. The van der Waals surface area contributed by atoms with Crippen LogP contribution in [0.3, 0.4) is 0 Å². The standard InChI is InChI=1S/C22H17NO5/c24-22-19-11-10-18(27-13-15-6-8-17(9-7-15)23(25)26)12-21(19)28-14-20(22)16-4-2-1-3-5-16/h1-12,20H,13-14H2. The number of nitro groups is 1. The molecule has 1 atom stereocenters. The quantitative estimate of drug-likeness (QED) is 0.483. The van der Waals surface area contributed by atoms with Crippen LogP contribution in [0.5, 0.6) is 11.5 Å². The molecule has 0 saturated carbocycles. The molecule has 6 heteroatoms. The summed E-state index contributed by atoms with van der Waals surface area (Å²) in [5, 5.41) is 10.7. The van der Waals surface area contributed by atoms with E-state index in [4.69, 9.17) is 9.47 Å². The molecule has 1 heterocycles. The minimum absolute atomic E-state index is 0.0365. The fraction of sp³-hybridized carbons (Fsp3) is 0.136. The summed E-state index contributed by atoms with van der Waals surface area (Å²) in [5.74, 6) is 0.816. The minimum Gasteiger partial charge on any atom is -0.492 e. The molecule has 3 aromatic carbocycles. The number of ether oxygens (including phenoxy) is 2. The molecule has 1 aliphatic heterocycles. The number of ketones is 1. The van der Waals surface area contributed by atoms with Crippen molar-refractivity contribution in [1.29, 1.82) is 0 Å². The number of nitrogens with zero attached hydrogens (tertiary/aromatic N) is 1. The second-order valence-electron chi connectivity index (χ2n) is 6.51. The zero-order valence-electron chi connectivity index (χ0n) is 14.9. The Morgan fingerprint density at radius 2 is 1.79 bits per heavy atom. The molecule has 3 aromatic rings. The topological polar surface area (TPSA) is 78.7 Å². The Kier molecular flexibility index (Phi) is 4.76. The van der Waals surface area contributed by atoms with Gasteiger partial charge in [0.1, 0.15) is 24.7 Å². The number of rotatable bonds is 5. The number of hydrogen-bond acceptors (Lipinski definition) is 5. The van der Waals surface area contributed by atoms with E-state index >= 15 is 0 Å². The van der Waals surface area contributed by atoms with Crippen LogP contribution in [0.4, 0.5) is 5.69 Å². The molecule has 1 aliphatic rings. The molecule has 0 fully saturated rings. The lowest BCUT2D eigenvalue weighted by Gasteiger charge is -2.24. The van der Waals surface area contributed by atoms with Gasteiger partial charge in [-0.05, 0) is 35.4 Å². The highest BCUT2D eigenvalue weighted by atomic mass is 16.6. The first kappa shape index (κ1) is 17.7. The number of carbonyl (C=O) groups excluding carboxylic acids is 1. The lowest BCUT2D eigenvalue weighted by molar-refractivity contribution is -0.384. The van der Waals surface area contributed by atoms with Crippen molar-refractivity contribution in [2.24, 2.45) is 0 Å². The molecule has 0 amide bonds. The summed E-state index contributed by atoms with van der Waals surface area (Å²) < 4.78 is 11.6. The van der Waals surface area contributed by atoms with Crippen molar-refractivity contribution in [2.45, 2.75) is 12.5 Å². The Morgan fingerprint density at radius 3 is 2.50 bits per heavy atom. The number of hydrogen-bond donors (Lipinski definition) is 0. The first-order valence-electron chi connectivity index (χ1n) is 8.84. The first-order chi connectivity index (χ1) is 13.6. The molecule has 6 nitrogen and oxygen atoms in total. The van der Waals surface area contributed by atoms with Gasteiger partial charge in [0.15, 0.2) is 5.78 Å². The number of Topliss-reactive ketones (excluding diaryl/α,β-unsaturated/α-hetero) is 1. The van der Waals surface area contributed by atoms with Gasteiger partial charge in [-0.25, -0.2) is 0 Å². The van der Waals surface area contributed by atoms with Gasteiger partial charge in [-0.3, -0.25) is 14.9 Å². The van der Waals surface area contributed by atoms with Crippen molar-refractivity contribution in [1.82, 2.24) is 0 Å². The molecule has 4 rings (SSSR count). The summed E-state index contributed by atoms with van der Waals surface area (Å²) in [6, 6.07) is 20.9. The third kappa shape index (κ3) is 3.57. The van der Waals surface area contributed by atoms with E-state index in [-0.39, 0.29) is 24.0 Å². The Hall–Kier alpha value is -3.67. The van der Waals surface area contributed by atoms with Gasteiger partial charge in [0.25, 0.3) is 5.69 Å². The largest absolute Gasteiger partial charge is 0.492 e. The van der Waals surface area contributed by atoms with E-state index in [0.29, 0.717) is 23.7 Å². The minimum atomic E-state index is -0.439. The van der Waals surface area contributed by atoms with Gasteiger partial charge in [-0.1, -0.05) is 30.3 Å². The summed E-state index contributed by atoms with van der Waals surface area (Å²) in [7, 11) is 0. The maximum Gasteiger partial charge on any atom is 0.269 e. The van der Waals surface area contributed by atoms with E-state index in [1.54, 1.807) is 30.3 Å². The normalized spacial score (nSPS) is 15.4.